The zero-order valence-corrected chi connectivity index (χ0v) is 15.3. The second-order valence-corrected chi connectivity index (χ2v) is 6.16. The summed E-state index contributed by atoms with van der Waals surface area (Å²) in [5.41, 5.74) is 1.34. The summed E-state index contributed by atoms with van der Waals surface area (Å²) >= 11 is 0. The molecule has 0 aliphatic carbocycles. The van der Waals surface area contributed by atoms with Crippen molar-refractivity contribution in [1.29, 1.82) is 0 Å². The smallest absolute Gasteiger partial charge is 0.315 e. The van der Waals surface area contributed by atoms with Crippen LogP contribution in [0.2, 0.25) is 0 Å². The molecule has 0 heterocycles. The fraction of sp³-hybridized carbons (Fsp3) is 0.500. The average Bonchev–Trinajstić information content (AvgIpc) is 2.57. The van der Waals surface area contributed by atoms with Gasteiger partial charge < -0.3 is 21.3 Å². The van der Waals surface area contributed by atoms with E-state index in [2.05, 4.69) is 21.3 Å². The molecule has 25 heavy (non-hydrogen) atoms. The third kappa shape index (κ3) is 7.69. The molecular weight excluding hydrogens is 320 g/mol. The number of amides is 4. The number of carbonyl (C=O) groups is 3. The van der Waals surface area contributed by atoms with E-state index in [-0.39, 0.29) is 23.9 Å². The molecule has 0 unspecified atom stereocenters. The molecule has 0 spiro atoms. The van der Waals surface area contributed by atoms with Crippen molar-refractivity contribution in [2.75, 3.05) is 6.54 Å². The van der Waals surface area contributed by atoms with Crippen LogP contribution in [-0.2, 0) is 11.3 Å². The molecule has 138 valence electrons. The number of hydrogen-bond acceptors (Lipinski definition) is 3. The first kappa shape index (κ1) is 20.5. The van der Waals surface area contributed by atoms with Crippen molar-refractivity contribution in [3.8, 4) is 0 Å². The third-order valence-corrected chi connectivity index (χ3v) is 3.38. The normalized spacial score (nSPS) is 11.6. The lowest BCUT2D eigenvalue weighted by atomic mass is 10.1. The summed E-state index contributed by atoms with van der Waals surface area (Å²) < 4.78 is 0. The summed E-state index contributed by atoms with van der Waals surface area (Å²) in [5, 5.41) is 10.9. The van der Waals surface area contributed by atoms with Crippen LogP contribution in [-0.4, -0.2) is 36.5 Å². The van der Waals surface area contributed by atoms with Gasteiger partial charge in [-0.1, -0.05) is 19.1 Å². The fourth-order valence-corrected chi connectivity index (χ4v) is 2.02. The highest BCUT2D eigenvalue weighted by Gasteiger charge is 2.15. The van der Waals surface area contributed by atoms with E-state index in [9.17, 15) is 14.4 Å². The molecule has 1 aromatic rings. The zero-order valence-electron chi connectivity index (χ0n) is 15.3. The van der Waals surface area contributed by atoms with Gasteiger partial charge in [0.2, 0.25) is 5.91 Å². The number of carbonyl (C=O) groups excluding carboxylic acids is 3. The van der Waals surface area contributed by atoms with Gasteiger partial charge in [-0.2, -0.15) is 0 Å². The minimum absolute atomic E-state index is 0.0718. The van der Waals surface area contributed by atoms with Gasteiger partial charge in [-0.15, -0.1) is 0 Å². The van der Waals surface area contributed by atoms with Crippen LogP contribution in [0.25, 0.3) is 0 Å². The maximum Gasteiger partial charge on any atom is 0.315 e. The lowest BCUT2D eigenvalue weighted by molar-refractivity contribution is -0.122. The van der Waals surface area contributed by atoms with Crippen molar-refractivity contribution >= 4 is 17.8 Å². The van der Waals surface area contributed by atoms with Gasteiger partial charge in [0, 0.05) is 24.7 Å². The number of hydrogen-bond donors (Lipinski definition) is 4. The Hall–Kier alpha value is -2.57. The standard InChI is InChI=1S/C18H28N4O3/c1-5-10-19-16(23)13(4)22-17(24)15-8-6-14(7-9-15)11-20-18(25)21-12(2)3/h6-9,12-13H,5,10-11H2,1-4H3,(H,19,23)(H,22,24)(H2,20,21,25)/t13-/m1/s1. The number of nitrogens with one attached hydrogen (secondary N) is 4. The molecule has 0 saturated carbocycles. The van der Waals surface area contributed by atoms with Gasteiger partial charge in [0.1, 0.15) is 6.04 Å². The summed E-state index contributed by atoms with van der Waals surface area (Å²) in [6, 6.07) is 6.12. The van der Waals surface area contributed by atoms with Crippen LogP contribution in [0.1, 0.15) is 50.0 Å². The van der Waals surface area contributed by atoms with Crippen molar-refractivity contribution in [3.05, 3.63) is 35.4 Å². The van der Waals surface area contributed by atoms with E-state index in [0.29, 0.717) is 18.7 Å². The molecule has 1 rings (SSSR count). The largest absolute Gasteiger partial charge is 0.354 e. The highest BCUT2D eigenvalue weighted by molar-refractivity contribution is 5.97. The predicted octanol–water partition coefficient (Wildman–Crippen LogP) is 1.54. The molecular formula is C18H28N4O3. The van der Waals surface area contributed by atoms with Gasteiger partial charge in [0.15, 0.2) is 0 Å². The van der Waals surface area contributed by atoms with Crippen LogP contribution >= 0.6 is 0 Å². The lowest BCUT2D eigenvalue weighted by Crippen LogP contribution is -2.45. The summed E-state index contributed by atoms with van der Waals surface area (Å²) in [7, 11) is 0. The molecule has 4 N–H and O–H groups in total. The second-order valence-electron chi connectivity index (χ2n) is 6.16. The number of benzene rings is 1. The first-order valence-electron chi connectivity index (χ1n) is 8.55. The second kappa shape index (κ2) is 10.3. The van der Waals surface area contributed by atoms with Crippen molar-refractivity contribution in [2.45, 2.75) is 52.7 Å². The maximum absolute atomic E-state index is 12.2. The summed E-state index contributed by atoms with van der Waals surface area (Å²) in [5.74, 6) is -0.511. The Kier molecular flexibility index (Phi) is 8.46. The van der Waals surface area contributed by atoms with Crippen molar-refractivity contribution in [1.82, 2.24) is 21.3 Å². The molecule has 4 amide bonds. The zero-order chi connectivity index (χ0) is 18.8. The first-order chi connectivity index (χ1) is 11.8. The Morgan fingerprint density at radius 1 is 0.960 bits per heavy atom. The van der Waals surface area contributed by atoms with E-state index in [0.717, 1.165) is 12.0 Å². The molecule has 0 aliphatic rings. The minimum atomic E-state index is -0.597. The number of urea groups is 1. The van der Waals surface area contributed by atoms with Crippen molar-refractivity contribution in [3.63, 3.8) is 0 Å². The monoisotopic (exact) mass is 348 g/mol. The van der Waals surface area contributed by atoms with Crippen molar-refractivity contribution in [2.24, 2.45) is 0 Å². The molecule has 1 aromatic carbocycles. The molecule has 1 atom stereocenters. The van der Waals surface area contributed by atoms with Crippen LogP contribution in [0.3, 0.4) is 0 Å². The molecule has 7 nitrogen and oxygen atoms in total. The van der Waals surface area contributed by atoms with Gasteiger partial charge in [-0.3, -0.25) is 9.59 Å². The van der Waals surface area contributed by atoms with Crippen LogP contribution in [0.15, 0.2) is 24.3 Å². The maximum atomic E-state index is 12.2. The van der Waals surface area contributed by atoms with Gasteiger partial charge in [0.25, 0.3) is 5.91 Å². The van der Waals surface area contributed by atoms with E-state index in [1.54, 1.807) is 31.2 Å². The third-order valence-electron chi connectivity index (χ3n) is 3.38. The quantitative estimate of drug-likeness (QED) is 0.573. The average molecular weight is 348 g/mol. The van der Waals surface area contributed by atoms with Crippen LogP contribution in [0, 0.1) is 0 Å². The van der Waals surface area contributed by atoms with Crippen LogP contribution < -0.4 is 21.3 Å². The van der Waals surface area contributed by atoms with Gasteiger partial charge in [-0.05, 0) is 44.9 Å². The van der Waals surface area contributed by atoms with Gasteiger partial charge >= 0.3 is 6.03 Å². The highest BCUT2D eigenvalue weighted by atomic mass is 16.2. The Labute approximate surface area is 148 Å². The fourth-order valence-electron chi connectivity index (χ4n) is 2.02. The van der Waals surface area contributed by atoms with E-state index in [1.807, 2.05) is 20.8 Å². The Morgan fingerprint density at radius 3 is 2.16 bits per heavy atom. The topological polar surface area (TPSA) is 99.3 Å². The van der Waals surface area contributed by atoms with E-state index < -0.39 is 6.04 Å². The molecule has 0 bridgehead atoms. The molecule has 0 radical (unpaired) electrons. The molecule has 0 aromatic heterocycles. The van der Waals surface area contributed by atoms with Gasteiger partial charge in [-0.25, -0.2) is 4.79 Å². The lowest BCUT2D eigenvalue weighted by Gasteiger charge is -2.14. The van der Waals surface area contributed by atoms with E-state index in [4.69, 9.17) is 0 Å². The van der Waals surface area contributed by atoms with Crippen LogP contribution in [0.4, 0.5) is 4.79 Å². The number of rotatable bonds is 8. The van der Waals surface area contributed by atoms with Crippen LogP contribution in [0.5, 0.6) is 0 Å². The Bertz CT molecular complexity index is 584. The minimum Gasteiger partial charge on any atom is -0.354 e. The molecule has 7 heteroatoms. The predicted molar refractivity (Wildman–Crippen MR) is 97.2 cm³/mol. The SMILES string of the molecule is CCCNC(=O)[C@@H](C)NC(=O)c1ccc(CNC(=O)NC(C)C)cc1. The Morgan fingerprint density at radius 2 is 1.60 bits per heavy atom. The first-order valence-corrected chi connectivity index (χ1v) is 8.55. The van der Waals surface area contributed by atoms with E-state index in [1.165, 1.54) is 0 Å². The summed E-state index contributed by atoms with van der Waals surface area (Å²) in [4.78, 5) is 35.5. The molecule has 0 saturated heterocycles. The highest BCUT2D eigenvalue weighted by Crippen LogP contribution is 2.05. The Balaban J connectivity index is 2.50. The summed E-state index contributed by atoms with van der Waals surface area (Å²) in [6.45, 7) is 8.34. The molecule has 0 fully saturated rings. The van der Waals surface area contributed by atoms with E-state index >= 15 is 0 Å². The van der Waals surface area contributed by atoms with Crippen molar-refractivity contribution < 1.29 is 14.4 Å². The molecule has 0 aliphatic heterocycles. The summed E-state index contributed by atoms with van der Waals surface area (Å²) in [6.07, 6.45) is 0.844. The van der Waals surface area contributed by atoms with Gasteiger partial charge in [0.05, 0.1) is 0 Å².